The van der Waals surface area contributed by atoms with E-state index in [9.17, 15) is 4.79 Å². The highest BCUT2D eigenvalue weighted by molar-refractivity contribution is 14.0. The molecular formula is C19H27IN4OS. The number of nitrogens with one attached hydrogen (secondary N) is 3. The van der Waals surface area contributed by atoms with Crippen LogP contribution in [-0.4, -0.2) is 32.0 Å². The monoisotopic (exact) mass is 486 g/mol. The van der Waals surface area contributed by atoms with Gasteiger partial charge in [-0.2, -0.15) is 11.3 Å². The van der Waals surface area contributed by atoms with E-state index in [2.05, 4.69) is 44.7 Å². The second-order valence-electron chi connectivity index (χ2n) is 5.82. The third kappa shape index (κ3) is 6.95. The Hall–Kier alpha value is -1.61. The van der Waals surface area contributed by atoms with E-state index in [1.54, 1.807) is 18.4 Å². The zero-order valence-corrected chi connectivity index (χ0v) is 18.6. The molecule has 0 aliphatic heterocycles. The van der Waals surface area contributed by atoms with Crippen molar-refractivity contribution in [2.45, 2.75) is 26.3 Å². The van der Waals surface area contributed by atoms with Crippen LogP contribution in [0.25, 0.3) is 0 Å². The maximum absolute atomic E-state index is 11.9. The van der Waals surface area contributed by atoms with Gasteiger partial charge in [-0.15, -0.1) is 24.0 Å². The molecule has 0 fully saturated rings. The molecule has 2 aromatic rings. The first-order valence-electron chi connectivity index (χ1n) is 8.47. The molecule has 1 aromatic heterocycles. The van der Waals surface area contributed by atoms with Crippen molar-refractivity contribution < 1.29 is 4.79 Å². The summed E-state index contributed by atoms with van der Waals surface area (Å²) in [4.78, 5) is 16.2. The molecule has 1 atom stereocenters. The summed E-state index contributed by atoms with van der Waals surface area (Å²) in [5, 5.41) is 13.7. The van der Waals surface area contributed by atoms with E-state index >= 15 is 0 Å². The predicted molar refractivity (Wildman–Crippen MR) is 121 cm³/mol. The number of hydrogen-bond acceptors (Lipinski definition) is 3. The molecule has 5 nitrogen and oxygen atoms in total. The molecule has 1 amide bonds. The Morgan fingerprint density at radius 2 is 2.04 bits per heavy atom. The van der Waals surface area contributed by atoms with Gasteiger partial charge in [0.15, 0.2) is 5.96 Å². The summed E-state index contributed by atoms with van der Waals surface area (Å²) in [5.74, 6) is 1.13. The van der Waals surface area contributed by atoms with Gasteiger partial charge in [-0.05, 0) is 52.9 Å². The number of thiophene rings is 1. The van der Waals surface area contributed by atoms with Crippen molar-refractivity contribution in [3.8, 4) is 0 Å². The Kier molecular flexibility index (Phi) is 10.3. The number of rotatable bonds is 7. The molecular weight excluding hydrogens is 459 g/mol. The van der Waals surface area contributed by atoms with E-state index in [-0.39, 0.29) is 29.9 Å². The number of hydrogen-bond donors (Lipinski definition) is 3. The van der Waals surface area contributed by atoms with Crippen molar-refractivity contribution in [1.82, 2.24) is 16.0 Å². The first-order chi connectivity index (χ1) is 12.1. The summed E-state index contributed by atoms with van der Waals surface area (Å²) in [6.45, 7) is 6.16. The molecule has 0 radical (unpaired) electrons. The lowest BCUT2D eigenvalue weighted by Gasteiger charge is -2.15. The lowest BCUT2D eigenvalue weighted by molar-refractivity contribution is 0.0955. The Morgan fingerprint density at radius 3 is 2.69 bits per heavy atom. The maximum Gasteiger partial charge on any atom is 0.251 e. The summed E-state index contributed by atoms with van der Waals surface area (Å²) < 4.78 is 0. The minimum atomic E-state index is -0.0450. The SMILES string of the molecule is CCNC(=O)c1cccc(CNC(=NC)NCC(C)c2ccsc2)c1.I. The molecule has 0 saturated heterocycles. The van der Waals surface area contributed by atoms with Gasteiger partial charge >= 0.3 is 0 Å². The van der Waals surface area contributed by atoms with Crippen molar-refractivity contribution in [3.05, 3.63) is 57.8 Å². The number of carbonyl (C=O) groups excluding carboxylic acids is 1. The molecule has 0 spiro atoms. The molecule has 1 heterocycles. The first kappa shape index (κ1) is 22.4. The standard InChI is InChI=1S/C19H26N4OS.HI/c1-4-21-18(24)16-7-5-6-15(10-16)12-23-19(20-3)22-11-14(2)17-8-9-25-13-17;/h5-10,13-14H,4,11-12H2,1-3H3,(H,21,24)(H2,20,22,23);1H. The molecule has 0 saturated carbocycles. The Morgan fingerprint density at radius 1 is 1.23 bits per heavy atom. The second-order valence-corrected chi connectivity index (χ2v) is 6.60. The van der Waals surface area contributed by atoms with Gasteiger partial charge in [0.1, 0.15) is 0 Å². The highest BCUT2D eigenvalue weighted by Gasteiger charge is 2.08. The number of carbonyl (C=O) groups is 1. The molecule has 2 rings (SSSR count). The number of nitrogens with zero attached hydrogens (tertiary/aromatic N) is 1. The van der Waals surface area contributed by atoms with Crippen LogP contribution in [0.15, 0.2) is 46.1 Å². The molecule has 1 aromatic carbocycles. The Labute approximate surface area is 176 Å². The molecule has 1 unspecified atom stereocenters. The predicted octanol–water partition coefficient (Wildman–Crippen LogP) is 3.58. The normalized spacial score (nSPS) is 12.0. The molecule has 0 aliphatic carbocycles. The van der Waals surface area contributed by atoms with Gasteiger partial charge in [0, 0.05) is 32.2 Å². The molecule has 142 valence electrons. The smallest absolute Gasteiger partial charge is 0.251 e. The van der Waals surface area contributed by atoms with E-state index < -0.39 is 0 Å². The number of amides is 1. The lowest BCUT2D eigenvalue weighted by atomic mass is 10.1. The second kappa shape index (κ2) is 11.9. The Balaban J connectivity index is 0.00000338. The first-order valence-corrected chi connectivity index (χ1v) is 9.42. The average molecular weight is 486 g/mol. The molecule has 26 heavy (non-hydrogen) atoms. The van der Waals surface area contributed by atoms with Crippen LogP contribution in [0.1, 0.15) is 41.3 Å². The zero-order chi connectivity index (χ0) is 18.1. The van der Waals surface area contributed by atoms with Gasteiger partial charge in [0.2, 0.25) is 0 Å². The minimum absolute atomic E-state index is 0. The van der Waals surface area contributed by atoms with Crippen molar-refractivity contribution in [2.24, 2.45) is 4.99 Å². The fraction of sp³-hybridized carbons (Fsp3) is 0.368. The lowest BCUT2D eigenvalue weighted by Crippen LogP contribution is -2.38. The van der Waals surface area contributed by atoms with Gasteiger partial charge in [0.25, 0.3) is 5.91 Å². The van der Waals surface area contributed by atoms with Gasteiger partial charge in [-0.25, -0.2) is 0 Å². The van der Waals surface area contributed by atoms with Gasteiger partial charge < -0.3 is 16.0 Å². The van der Waals surface area contributed by atoms with Crippen molar-refractivity contribution in [2.75, 3.05) is 20.1 Å². The summed E-state index contributed by atoms with van der Waals surface area (Å²) in [7, 11) is 1.76. The third-order valence-corrected chi connectivity index (χ3v) is 4.60. The van der Waals surface area contributed by atoms with Crippen LogP contribution in [0.2, 0.25) is 0 Å². The van der Waals surface area contributed by atoms with E-state index in [1.807, 2.05) is 31.2 Å². The van der Waals surface area contributed by atoms with Crippen LogP contribution < -0.4 is 16.0 Å². The third-order valence-electron chi connectivity index (χ3n) is 3.90. The van der Waals surface area contributed by atoms with Crippen LogP contribution in [0.5, 0.6) is 0 Å². The summed E-state index contributed by atoms with van der Waals surface area (Å²) >= 11 is 1.72. The maximum atomic E-state index is 11.9. The minimum Gasteiger partial charge on any atom is -0.356 e. The van der Waals surface area contributed by atoms with Crippen LogP contribution in [0.4, 0.5) is 0 Å². The van der Waals surface area contributed by atoms with Crippen molar-refractivity contribution in [1.29, 1.82) is 0 Å². The van der Waals surface area contributed by atoms with E-state index in [0.717, 1.165) is 18.1 Å². The van der Waals surface area contributed by atoms with E-state index in [0.29, 0.717) is 24.6 Å². The highest BCUT2D eigenvalue weighted by atomic mass is 127. The zero-order valence-electron chi connectivity index (χ0n) is 15.4. The number of benzene rings is 1. The van der Waals surface area contributed by atoms with E-state index in [1.165, 1.54) is 5.56 Å². The van der Waals surface area contributed by atoms with Crippen LogP contribution in [0, 0.1) is 0 Å². The van der Waals surface area contributed by atoms with E-state index in [4.69, 9.17) is 0 Å². The van der Waals surface area contributed by atoms with Crippen molar-refractivity contribution >= 4 is 47.2 Å². The van der Waals surface area contributed by atoms with Crippen molar-refractivity contribution in [3.63, 3.8) is 0 Å². The van der Waals surface area contributed by atoms with Gasteiger partial charge in [-0.1, -0.05) is 19.1 Å². The van der Waals surface area contributed by atoms with Crippen LogP contribution in [-0.2, 0) is 6.54 Å². The highest BCUT2D eigenvalue weighted by Crippen LogP contribution is 2.16. The summed E-state index contributed by atoms with van der Waals surface area (Å²) in [6, 6.07) is 9.77. The van der Waals surface area contributed by atoms with Gasteiger partial charge in [0.05, 0.1) is 0 Å². The largest absolute Gasteiger partial charge is 0.356 e. The fourth-order valence-electron chi connectivity index (χ4n) is 2.41. The average Bonchev–Trinajstić information content (AvgIpc) is 3.17. The molecule has 7 heteroatoms. The topological polar surface area (TPSA) is 65.5 Å². The Bertz CT molecular complexity index is 703. The van der Waals surface area contributed by atoms with Crippen LogP contribution >= 0.6 is 35.3 Å². The molecule has 0 aliphatic rings. The molecule has 0 bridgehead atoms. The summed E-state index contributed by atoms with van der Waals surface area (Å²) in [5.41, 5.74) is 3.05. The number of aliphatic imine (C=N–C) groups is 1. The summed E-state index contributed by atoms with van der Waals surface area (Å²) in [6.07, 6.45) is 0. The fourth-order valence-corrected chi connectivity index (χ4v) is 3.20. The van der Waals surface area contributed by atoms with Gasteiger partial charge in [-0.3, -0.25) is 9.79 Å². The number of guanidine groups is 1. The quantitative estimate of drug-likeness (QED) is 0.319. The molecule has 3 N–H and O–H groups in total. The number of halogens is 1. The van der Waals surface area contributed by atoms with Crippen LogP contribution in [0.3, 0.4) is 0 Å².